The monoisotopic (exact) mass is 203 g/mol. The third kappa shape index (κ3) is 3.92. The van der Waals surface area contributed by atoms with Gasteiger partial charge in [0.25, 0.3) is 0 Å². The van der Waals surface area contributed by atoms with Gasteiger partial charge in [-0.3, -0.25) is 0 Å². The lowest BCUT2D eigenvalue weighted by Crippen LogP contribution is -2.45. The van der Waals surface area contributed by atoms with E-state index in [1.54, 1.807) is 7.11 Å². The lowest BCUT2D eigenvalue weighted by molar-refractivity contribution is -0.0246. The van der Waals surface area contributed by atoms with Gasteiger partial charge in [0.1, 0.15) is 0 Å². The Kier molecular flexibility index (Phi) is 4.31. The lowest BCUT2D eigenvalue weighted by atomic mass is 9.94. The number of methoxy groups -OCH3 is 1. The summed E-state index contributed by atoms with van der Waals surface area (Å²) < 4.78 is 4.86. The van der Waals surface area contributed by atoms with E-state index in [2.05, 4.69) is 4.90 Å². The molecule has 4 heteroatoms. The van der Waals surface area contributed by atoms with E-state index < -0.39 is 11.7 Å². The molecule has 1 aliphatic rings. The molecule has 1 rings (SSSR count). The van der Waals surface area contributed by atoms with Crippen LogP contribution in [0, 0.1) is 0 Å². The summed E-state index contributed by atoms with van der Waals surface area (Å²) >= 11 is 0. The van der Waals surface area contributed by atoms with E-state index in [0.29, 0.717) is 13.2 Å². The van der Waals surface area contributed by atoms with Gasteiger partial charge in [0.15, 0.2) is 0 Å². The van der Waals surface area contributed by atoms with Crippen molar-refractivity contribution in [3.05, 3.63) is 0 Å². The van der Waals surface area contributed by atoms with Crippen LogP contribution in [0.1, 0.15) is 19.8 Å². The van der Waals surface area contributed by atoms with Crippen molar-refractivity contribution < 1.29 is 14.9 Å². The van der Waals surface area contributed by atoms with Gasteiger partial charge in [-0.2, -0.15) is 0 Å². The second-order valence-electron chi connectivity index (χ2n) is 4.41. The number of hydrogen-bond acceptors (Lipinski definition) is 4. The molecule has 0 aromatic carbocycles. The second-order valence-corrected chi connectivity index (χ2v) is 4.41. The molecule has 0 spiro atoms. The molecular formula is C10H21NO3. The first kappa shape index (κ1) is 11.9. The van der Waals surface area contributed by atoms with Crippen LogP contribution in [-0.2, 0) is 4.74 Å². The molecule has 1 heterocycles. The van der Waals surface area contributed by atoms with Gasteiger partial charge in [-0.25, -0.2) is 0 Å². The van der Waals surface area contributed by atoms with Crippen LogP contribution in [0.5, 0.6) is 0 Å². The summed E-state index contributed by atoms with van der Waals surface area (Å²) in [5, 5.41) is 19.2. The summed E-state index contributed by atoms with van der Waals surface area (Å²) in [6, 6.07) is 0. The highest BCUT2D eigenvalue weighted by Crippen LogP contribution is 2.20. The standard InChI is InChI=1S/C10H21NO3/c1-10(13)3-5-11(6-4-10)7-9(12)8-14-2/h9,12-13H,3-8H2,1-2H3. The summed E-state index contributed by atoms with van der Waals surface area (Å²) in [6.07, 6.45) is 1.16. The van der Waals surface area contributed by atoms with Crippen molar-refractivity contribution in [1.82, 2.24) is 4.90 Å². The minimum Gasteiger partial charge on any atom is -0.390 e. The highest BCUT2D eigenvalue weighted by molar-refractivity contribution is 4.82. The molecule has 0 aromatic heterocycles. The van der Waals surface area contributed by atoms with E-state index in [0.717, 1.165) is 25.9 Å². The normalized spacial score (nSPS) is 24.9. The molecule has 1 atom stereocenters. The average Bonchev–Trinajstić information content (AvgIpc) is 2.09. The van der Waals surface area contributed by atoms with E-state index in [9.17, 15) is 10.2 Å². The average molecular weight is 203 g/mol. The fraction of sp³-hybridized carbons (Fsp3) is 1.00. The molecule has 1 fully saturated rings. The second kappa shape index (κ2) is 5.07. The molecule has 0 amide bonds. The van der Waals surface area contributed by atoms with E-state index in [1.807, 2.05) is 6.92 Å². The summed E-state index contributed by atoms with van der Waals surface area (Å²) in [5.74, 6) is 0. The number of aliphatic hydroxyl groups excluding tert-OH is 1. The van der Waals surface area contributed by atoms with Crippen molar-refractivity contribution in [3.63, 3.8) is 0 Å². The van der Waals surface area contributed by atoms with Gasteiger partial charge in [0.2, 0.25) is 0 Å². The van der Waals surface area contributed by atoms with Crippen LogP contribution in [0.25, 0.3) is 0 Å². The first-order valence-electron chi connectivity index (χ1n) is 5.15. The van der Waals surface area contributed by atoms with E-state index >= 15 is 0 Å². The molecule has 0 aliphatic carbocycles. The van der Waals surface area contributed by atoms with Gasteiger partial charge >= 0.3 is 0 Å². The fourth-order valence-corrected chi connectivity index (χ4v) is 1.76. The molecule has 1 unspecified atom stereocenters. The topological polar surface area (TPSA) is 52.9 Å². The molecule has 2 N–H and O–H groups in total. The van der Waals surface area contributed by atoms with E-state index in [4.69, 9.17) is 4.74 Å². The summed E-state index contributed by atoms with van der Waals surface area (Å²) in [7, 11) is 1.59. The molecule has 4 nitrogen and oxygen atoms in total. The summed E-state index contributed by atoms with van der Waals surface area (Å²) in [4.78, 5) is 2.17. The van der Waals surface area contributed by atoms with Crippen LogP contribution >= 0.6 is 0 Å². The van der Waals surface area contributed by atoms with Crippen molar-refractivity contribution in [2.45, 2.75) is 31.5 Å². The van der Waals surface area contributed by atoms with Gasteiger partial charge in [-0.1, -0.05) is 0 Å². The Bertz CT molecular complexity index is 163. The molecular weight excluding hydrogens is 182 g/mol. The highest BCUT2D eigenvalue weighted by Gasteiger charge is 2.27. The van der Waals surface area contributed by atoms with Gasteiger partial charge in [0.05, 0.1) is 18.3 Å². The molecule has 84 valence electrons. The third-order valence-electron chi connectivity index (χ3n) is 2.76. The molecule has 14 heavy (non-hydrogen) atoms. The maximum atomic E-state index is 9.72. The lowest BCUT2D eigenvalue weighted by Gasteiger charge is -2.36. The Morgan fingerprint density at radius 1 is 1.43 bits per heavy atom. The number of rotatable bonds is 4. The molecule has 0 bridgehead atoms. The molecule has 0 radical (unpaired) electrons. The van der Waals surface area contributed by atoms with Crippen LogP contribution in [-0.4, -0.2) is 60.2 Å². The largest absolute Gasteiger partial charge is 0.390 e. The van der Waals surface area contributed by atoms with Gasteiger partial charge < -0.3 is 19.8 Å². The molecule has 1 saturated heterocycles. The Morgan fingerprint density at radius 3 is 2.50 bits per heavy atom. The number of ether oxygens (including phenoxy) is 1. The van der Waals surface area contributed by atoms with Crippen LogP contribution < -0.4 is 0 Å². The van der Waals surface area contributed by atoms with Crippen LogP contribution in [0.3, 0.4) is 0 Å². The first-order chi connectivity index (χ1) is 6.53. The SMILES string of the molecule is COCC(O)CN1CCC(C)(O)CC1. The van der Waals surface area contributed by atoms with Crippen molar-refractivity contribution in [1.29, 1.82) is 0 Å². The van der Waals surface area contributed by atoms with E-state index in [1.165, 1.54) is 0 Å². The summed E-state index contributed by atoms with van der Waals surface area (Å²) in [5.41, 5.74) is -0.511. The maximum absolute atomic E-state index is 9.72. The van der Waals surface area contributed by atoms with Crippen molar-refractivity contribution in [3.8, 4) is 0 Å². The van der Waals surface area contributed by atoms with Crippen molar-refractivity contribution >= 4 is 0 Å². The first-order valence-corrected chi connectivity index (χ1v) is 5.15. The zero-order chi connectivity index (χ0) is 10.6. The third-order valence-corrected chi connectivity index (χ3v) is 2.76. The molecule has 0 aromatic rings. The Balaban J connectivity index is 2.22. The Hall–Kier alpha value is -0.160. The number of aliphatic hydroxyl groups is 2. The number of β-amino-alcohol motifs (C(OH)–C–C–N with tert-alkyl or cyclic N) is 1. The van der Waals surface area contributed by atoms with Gasteiger partial charge in [0, 0.05) is 26.7 Å². The van der Waals surface area contributed by atoms with Crippen LogP contribution in [0.2, 0.25) is 0 Å². The number of piperidine rings is 1. The zero-order valence-corrected chi connectivity index (χ0v) is 9.07. The summed E-state index contributed by atoms with van der Waals surface area (Å²) in [6.45, 7) is 4.61. The maximum Gasteiger partial charge on any atom is 0.0900 e. The van der Waals surface area contributed by atoms with Crippen molar-refractivity contribution in [2.75, 3.05) is 33.4 Å². The van der Waals surface area contributed by atoms with Gasteiger partial charge in [-0.15, -0.1) is 0 Å². The van der Waals surface area contributed by atoms with Crippen LogP contribution in [0.4, 0.5) is 0 Å². The predicted molar refractivity (Wildman–Crippen MR) is 54.2 cm³/mol. The smallest absolute Gasteiger partial charge is 0.0900 e. The Morgan fingerprint density at radius 2 is 2.00 bits per heavy atom. The zero-order valence-electron chi connectivity index (χ0n) is 9.07. The highest BCUT2D eigenvalue weighted by atomic mass is 16.5. The van der Waals surface area contributed by atoms with Gasteiger partial charge in [-0.05, 0) is 19.8 Å². The van der Waals surface area contributed by atoms with E-state index in [-0.39, 0.29) is 0 Å². The Labute approximate surface area is 85.5 Å². The predicted octanol–water partition coefficient (Wildman–Crippen LogP) is -0.159. The number of nitrogens with zero attached hydrogens (tertiary/aromatic N) is 1. The minimum atomic E-state index is -0.511. The fourth-order valence-electron chi connectivity index (χ4n) is 1.76. The molecule has 1 aliphatic heterocycles. The quantitative estimate of drug-likeness (QED) is 0.666. The van der Waals surface area contributed by atoms with Crippen molar-refractivity contribution in [2.24, 2.45) is 0 Å². The van der Waals surface area contributed by atoms with Crippen LogP contribution in [0.15, 0.2) is 0 Å². The number of likely N-dealkylation sites (tertiary alicyclic amines) is 1. The number of hydrogen-bond donors (Lipinski definition) is 2. The molecule has 0 saturated carbocycles. The minimum absolute atomic E-state index is 0.382.